The molecule has 0 unspecified atom stereocenters. The van der Waals surface area contributed by atoms with E-state index in [1.54, 1.807) is 31.0 Å². The first-order valence-electron chi connectivity index (χ1n) is 13.3. The minimum absolute atomic E-state index is 0.119. The van der Waals surface area contributed by atoms with Gasteiger partial charge in [0, 0.05) is 22.7 Å². The van der Waals surface area contributed by atoms with Crippen LogP contribution in [0.5, 0.6) is 11.5 Å². The highest BCUT2D eigenvalue weighted by Crippen LogP contribution is 2.51. The molecule has 1 fully saturated rings. The van der Waals surface area contributed by atoms with Gasteiger partial charge in [0.2, 0.25) is 11.8 Å². The normalized spacial score (nSPS) is 16.6. The van der Waals surface area contributed by atoms with Gasteiger partial charge in [-0.25, -0.2) is 9.07 Å². The van der Waals surface area contributed by atoms with E-state index >= 15 is 0 Å². The van der Waals surface area contributed by atoms with Crippen molar-refractivity contribution >= 4 is 29.4 Å². The molecule has 1 N–H and O–H groups in total. The number of hydrogen-bond acceptors (Lipinski definition) is 6. The number of fused-ring (bicyclic) bond motifs is 1. The second-order valence-corrected chi connectivity index (χ2v) is 11.1. The molecule has 2 aliphatic rings. The molecule has 10 heteroatoms. The number of nitrogens with zero attached hydrogens (tertiary/aromatic N) is 3. The van der Waals surface area contributed by atoms with Crippen molar-refractivity contribution in [1.29, 1.82) is 0 Å². The lowest BCUT2D eigenvalue weighted by molar-refractivity contribution is -0.123. The van der Waals surface area contributed by atoms with Gasteiger partial charge in [-0.3, -0.25) is 14.5 Å². The summed E-state index contributed by atoms with van der Waals surface area (Å²) >= 11 is 1.44. The van der Waals surface area contributed by atoms with Crippen LogP contribution in [0.1, 0.15) is 29.2 Å². The minimum atomic E-state index is -0.403. The summed E-state index contributed by atoms with van der Waals surface area (Å²) < 4.78 is 26.9. The van der Waals surface area contributed by atoms with E-state index in [4.69, 9.17) is 14.6 Å². The lowest BCUT2D eigenvalue weighted by Crippen LogP contribution is -2.43. The molecule has 0 bridgehead atoms. The Kier molecular flexibility index (Phi) is 7.40. The fourth-order valence-corrected chi connectivity index (χ4v) is 6.24. The fraction of sp³-hybridized carbons (Fsp3) is 0.258. The maximum absolute atomic E-state index is 14.0. The number of carbonyl (C=O) groups excluding carboxylic acids is 2. The molecule has 8 nitrogen and oxygen atoms in total. The van der Waals surface area contributed by atoms with Crippen LogP contribution in [0.4, 0.5) is 10.2 Å². The second kappa shape index (κ2) is 11.3. The fourth-order valence-electron chi connectivity index (χ4n) is 5.03. The number of amides is 2. The van der Waals surface area contributed by atoms with E-state index in [1.807, 2.05) is 48.5 Å². The number of aromatic nitrogens is 2. The molecule has 1 atom stereocenters. The molecule has 2 heterocycles. The Morgan fingerprint density at radius 3 is 2.49 bits per heavy atom. The van der Waals surface area contributed by atoms with Gasteiger partial charge < -0.3 is 14.8 Å². The predicted octanol–water partition coefficient (Wildman–Crippen LogP) is 5.14. The molecule has 1 aliphatic carbocycles. The average molecular weight is 573 g/mol. The lowest BCUT2D eigenvalue weighted by Gasteiger charge is -2.23. The zero-order valence-electron chi connectivity index (χ0n) is 22.7. The third-order valence-electron chi connectivity index (χ3n) is 7.17. The standard InChI is InChI=1S/C31H29FN4O4S/c1-39-23-14-15-25(40-2)24(16-23)30-28-29(19-6-4-3-5-7-19)34-36(22-12-8-20(32)9-13-22)31(28)35(27(38)18-41-30)17-26(37)33-21-10-11-21/h3-9,12-16,21,30H,10-11,17-18H2,1-2H3,(H,33,37)/t30-/m0/s1. The van der Waals surface area contributed by atoms with E-state index in [0.717, 1.165) is 29.5 Å². The maximum atomic E-state index is 14.0. The Morgan fingerprint density at radius 1 is 1.05 bits per heavy atom. The summed E-state index contributed by atoms with van der Waals surface area (Å²) in [5.41, 5.74) is 3.62. The van der Waals surface area contributed by atoms with Gasteiger partial charge in [0.15, 0.2) is 0 Å². The highest BCUT2D eigenvalue weighted by Gasteiger charge is 2.39. The topological polar surface area (TPSA) is 85.7 Å². The van der Waals surface area contributed by atoms with Crippen LogP contribution in [0, 0.1) is 5.82 Å². The number of nitrogens with one attached hydrogen (secondary N) is 1. The summed E-state index contributed by atoms with van der Waals surface area (Å²) in [5.74, 6) is 1.01. The molecule has 4 aromatic rings. The van der Waals surface area contributed by atoms with Crippen LogP contribution < -0.4 is 19.7 Å². The Bertz CT molecular complexity index is 1590. The van der Waals surface area contributed by atoms with Crippen molar-refractivity contribution in [3.63, 3.8) is 0 Å². The summed E-state index contributed by atoms with van der Waals surface area (Å²) in [5, 5.41) is 7.62. The van der Waals surface area contributed by atoms with Crippen molar-refractivity contribution in [2.45, 2.75) is 24.1 Å². The van der Waals surface area contributed by atoms with Crippen molar-refractivity contribution in [1.82, 2.24) is 15.1 Å². The molecule has 0 radical (unpaired) electrons. The molecular weight excluding hydrogens is 543 g/mol. The number of carbonyl (C=O) groups is 2. The highest BCUT2D eigenvalue weighted by molar-refractivity contribution is 8.00. The van der Waals surface area contributed by atoms with Gasteiger partial charge in [0.1, 0.15) is 29.7 Å². The zero-order chi connectivity index (χ0) is 28.5. The molecule has 6 rings (SSSR count). The largest absolute Gasteiger partial charge is 0.497 e. The Balaban J connectivity index is 1.62. The van der Waals surface area contributed by atoms with Gasteiger partial charge in [-0.1, -0.05) is 30.3 Å². The summed E-state index contributed by atoms with van der Waals surface area (Å²) in [7, 11) is 3.20. The smallest absolute Gasteiger partial charge is 0.240 e. The van der Waals surface area contributed by atoms with Crippen molar-refractivity contribution in [2.75, 3.05) is 31.4 Å². The number of benzene rings is 3. The summed E-state index contributed by atoms with van der Waals surface area (Å²) in [6.07, 6.45) is 1.87. The zero-order valence-corrected chi connectivity index (χ0v) is 23.5. The van der Waals surface area contributed by atoms with Crippen LogP contribution in [0.2, 0.25) is 0 Å². The Labute approximate surface area is 241 Å². The predicted molar refractivity (Wildman–Crippen MR) is 156 cm³/mol. The molecule has 1 saturated carbocycles. The SMILES string of the molecule is COc1ccc(OC)c([C@@H]2SCC(=O)N(CC(=O)NC3CC3)c3c2c(-c2ccccc2)nn3-c2ccc(F)cc2)c1. The van der Waals surface area contributed by atoms with E-state index in [9.17, 15) is 14.0 Å². The van der Waals surface area contributed by atoms with Gasteiger partial charge >= 0.3 is 0 Å². The number of thioether (sulfide) groups is 1. The third kappa shape index (κ3) is 5.39. The van der Waals surface area contributed by atoms with Gasteiger partial charge in [-0.05, 0) is 55.3 Å². The minimum Gasteiger partial charge on any atom is -0.497 e. The van der Waals surface area contributed by atoms with E-state index in [-0.39, 0.29) is 36.0 Å². The van der Waals surface area contributed by atoms with Crippen LogP contribution in [0.15, 0.2) is 72.8 Å². The van der Waals surface area contributed by atoms with E-state index in [2.05, 4.69) is 5.32 Å². The molecule has 1 aromatic heterocycles. The molecule has 0 spiro atoms. The maximum Gasteiger partial charge on any atom is 0.240 e. The van der Waals surface area contributed by atoms with Gasteiger partial charge in [-0.2, -0.15) is 5.10 Å². The number of hydrogen-bond donors (Lipinski definition) is 1. The summed E-state index contributed by atoms with van der Waals surface area (Å²) in [6.45, 7) is -0.161. The van der Waals surface area contributed by atoms with E-state index in [1.165, 1.54) is 28.8 Å². The van der Waals surface area contributed by atoms with E-state index in [0.29, 0.717) is 28.7 Å². The van der Waals surface area contributed by atoms with Crippen LogP contribution >= 0.6 is 11.8 Å². The number of halogens is 1. The van der Waals surface area contributed by atoms with Crippen molar-refractivity contribution < 1.29 is 23.5 Å². The van der Waals surface area contributed by atoms with Crippen LogP contribution in [-0.4, -0.2) is 54.2 Å². The quantitative estimate of drug-likeness (QED) is 0.315. The second-order valence-electron chi connectivity index (χ2n) is 9.96. The van der Waals surface area contributed by atoms with Gasteiger partial charge in [-0.15, -0.1) is 11.8 Å². The third-order valence-corrected chi connectivity index (χ3v) is 8.41. The van der Waals surface area contributed by atoms with Crippen LogP contribution in [0.25, 0.3) is 16.9 Å². The molecule has 210 valence electrons. The number of methoxy groups -OCH3 is 2. The molecular formula is C31H29FN4O4S. The Morgan fingerprint density at radius 2 is 1.80 bits per heavy atom. The number of rotatable bonds is 8. The molecule has 0 saturated heterocycles. The van der Waals surface area contributed by atoms with E-state index < -0.39 is 5.25 Å². The number of ether oxygens (including phenoxy) is 2. The lowest BCUT2D eigenvalue weighted by atomic mass is 9.98. The van der Waals surface area contributed by atoms with Crippen molar-refractivity contribution in [3.8, 4) is 28.4 Å². The molecule has 2 amide bonds. The summed E-state index contributed by atoms with van der Waals surface area (Å²) in [4.78, 5) is 28.4. The first-order chi connectivity index (χ1) is 20.0. The highest BCUT2D eigenvalue weighted by atomic mass is 32.2. The Hall–Kier alpha value is -4.31. The molecule has 3 aromatic carbocycles. The van der Waals surface area contributed by atoms with Gasteiger partial charge in [0.05, 0.1) is 36.6 Å². The first-order valence-corrected chi connectivity index (χ1v) is 14.4. The molecule has 41 heavy (non-hydrogen) atoms. The van der Waals surface area contributed by atoms with Gasteiger partial charge in [0.25, 0.3) is 0 Å². The average Bonchev–Trinajstić information content (AvgIpc) is 3.75. The van der Waals surface area contributed by atoms with Crippen molar-refractivity contribution in [2.24, 2.45) is 0 Å². The van der Waals surface area contributed by atoms with Crippen molar-refractivity contribution in [3.05, 3.63) is 89.7 Å². The van der Waals surface area contributed by atoms with Crippen LogP contribution in [-0.2, 0) is 9.59 Å². The molecule has 1 aliphatic heterocycles. The first kappa shape index (κ1) is 26.9. The monoisotopic (exact) mass is 572 g/mol. The van der Waals surface area contributed by atoms with Crippen LogP contribution in [0.3, 0.4) is 0 Å². The number of anilines is 1. The summed E-state index contributed by atoms with van der Waals surface area (Å²) in [6, 6.07) is 21.3.